The minimum Gasteiger partial charge on any atom is -0.464 e. The van der Waals surface area contributed by atoms with Crippen molar-refractivity contribution in [1.82, 2.24) is 15.2 Å². The summed E-state index contributed by atoms with van der Waals surface area (Å²) in [5.74, 6) is 1.73. The van der Waals surface area contributed by atoms with Crippen molar-refractivity contribution >= 4 is 17.3 Å². The molecule has 0 spiro atoms. The van der Waals surface area contributed by atoms with E-state index in [9.17, 15) is 0 Å². The number of thiocarbonyl (C=S) groups is 1. The average molecular weight is 317 g/mol. The van der Waals surface area contributed by atoms with Gasteiger partial charge in [-0.2, -0.15) is 0 Å². The van der Waals surface area contributed by atoms with Gasteiger partial charge in [-0.25, -0.2) is 0 Å². The molecule has 0 aliphatic carbocycles. The van der Waals surface area contributed by atoms with Crippen LogP contribution < -0.4 is 5.32 Å². The van der Waals surface area contributed by atoms with Gasteiger partial charge < -0.3 is 19.7 Å². The van der Waals surface area contributed by atoms with E-state index in [1.807, 2.05) is 37.3 Å². The number of hydrogen-bond acceptors (Lipinski definition) is 4. The molecule has 0 bridgehead atoms. The largest absolute Gasteiger partial charge is 0.464 e. The fourth-order valence-electron chi connectivity index (χ4n) is 2.81. The van der Waals surface area contributed by atoms with Crippen molar-refractivity contribution < 1.29 is 9.52 Å². The highest BCUT2D eigenvalue weighted by molar-refractivity contribution is 7.80. The zero-order chi connectivity index (χ0) is 15.5. The zero-order valence-electron chi connectivity index (χ0n) is 12.4. The molecule has 2 aromatic heterocycles. The highest BCUT2D eigenvalue weighted by Gasteiger charge is 2.41. The lowest BCUT2D eigenvalue weighted by Crippen LogP contribution is -2.30. The van der Waals surface area contributed by atoms with E-state index < -0.39 is 0 Å². The molecule has 0 unspecified atom stereocenters. The SMILES string of the molecule is Cc1ccc([C@@H]2[C@H](c3ccccn3)NC(=S)N2CCCO)o1. The van der Waals surface area contributed by atoms with Crippen molar-refractivity contribution in [2.75, 3.05) is 13.2 Å². The van der Waals surface area contributed by atoms with E-state index in [0.717, 1.165) is 17.2 Å². The summed E-state index contributed by atoms with van der Waals surface area (Å²) in [5.41, 5.74) is 0.926. The minimum atomic E-state index is -0.0575. The van der Waals surface area contributed by atoms with E-state index in [1.54, 1.807) is 6.20 Å². The number of aromatic nitrogens is 1. The maximum absolute atomic E-state index is 9.13. The molecule has 2 N–H and O–H groups in total. The number of rotatable bonds is 5. The highest BCUT2D eigenvalue weighted by atomic mass is 32.1. The molecule has 116 valence electrons. The van der Waals surface area contributed by atoms with Crippen molar-refractivity contribution in [2.24, 2.45) is 0 Å². The monoisotopic (exact) mass is 317 g/mol. The zero-order valence-corrected chi connectivity index (χ0v) is 13.2. The van der Waals surface area contributed by atoms with Gasteiger partial charge in [-0.05, 0) is 49.8 Å². The normalized spacial score (nSPS) is 21.2. The number of furan rings is 1. The van der Waals surface area contributed by atoms with Crippen LogP contribution >= 0.6 is 12.2 Å². The van der Waals surface area contributed by atoms with Gasteiger partial charge >= 0.3 is 0 Å². The predicted molar refractivity (Wildman–Crippen MR) is 87.3 cm³/mol. The Balaban J connectivity index is 1.96. The summed E-state index contributed by atoms with van der Waals surface area (Å²) in [6, 6.07) is 9.67. The third-order valence-electron chi connectivity index (χ3n) is 3.81. The van der Waals surface area contributed by atoms with Crippen LogP contribution in [0.2, 0.25) is 0 Å². The van der Waals surface area contributed by atoms with Crippen molar-refractivity contribution in [3.63, 3.8) is 0 Å². The number of aliphatic hydroxyl groups is 1. The summed E-state index contributed by atoms with van der Waals surface area (Å²) in [6.45, 7) is 2.74. The molecule has 1 saturated heterocycles. The first-order valence-electron chi connectivity index (χ1n) is 7.36. The summed E-state index contributed by atoms with van der Waals surface area (Å²) in [7, 11) is 0. The number of aryl methyl sites for hydroxylation is 1. The Kier molecular flexibility index (Phi) is 4.40. The van der Waals surface area contributed by atoms with Crippen molar-refractivity contribution in [3.05, 3.63) is 53.7 Å². The van der Waals surface area contributed by atoms with Crippen LogP contribution in [-0.4, -0.2) is 33.3 Å². The third kappa shape index (κ3) is 2.84. The van der Waals surface area contributed by atoms with Crippen LogP contribution in [-0.2, 0) is 0 Å². The van der Waals surface area contributed by atoms with E-state index in [1.165, 1.54) is 0 Å². The average Bonchev–Trinajstić information content (AvgIpc) is 3.09. The first-order chi connectivity index (χ1) is 10.7. The molecule has 1 aliphatic heterocycles. The number of hydrogen-bond donors (Lipinski definition) is 2. The first kappa shape index (κ1) is 15.0. The lowest BCUT2D eigenvalue weighted by Gasteiger charge is -2.25. The third-order valence-corrected chi connectivity index (χ3v) is 4.16. The van der Waals surface area contributed by atoms with Gasteiger partial charge in [0, 0.05) is 19.3 Å². The molecule has 0 radical (unpaired) electrons. The van der Waals surface area contributed by atoms with Crippen LogP contribution in [0.4, 0.5) is 0 Å². The molecular formula is C16H19N3O2S. The molecule has 0 aromatic carbocycles. The summed E-state index contributed by atoms with van der Waals surface area (Å²) in [6.07, 6.45) is 2.44. The van der Waals surface area contributed by atoms with Gasteiger partial charge in [-0.15, -0.1) is 0 Å². The molecule has 22 heavy (non-hydrogen) atoms. The molecule has 3 rings (SSSR count). The summed E-state index contributed by atoms with van der Waals surface area (Å²) < 4.78 is 5.85. The van der Waals surface area contributed by atoms with Gasteiger partial charge in [0.15, 0.2) is 5.11 Å². The summed E-state index contributed by atoms with van der Waals surface area (Å²) in [4.78, 5) is 6.53. The van der Waals surface area contributed by atoms with Gasteiger partial charge in [0.1, 0.15) is 17.6 Å². The second kappa shape index (κ2) is 6.46. The Labute approximate surface area is 135 Å². The van der Waals surface area contributed by atoms with Gasteiger partial charge in [-0.3, -0.25) is 4.98 Å². The summed E-state index contributed by atoms with van der Waals surface area (Å²) >= 11 is 5.48. The Morgan fingerprint density at radius 2 is 2.23 bits per heavy atom. The van der Waals surface area contributed by atoms with Crippen LogP contribution in [0.25, 0.3) is 0 Å². The van der Waals surface area contributed by atoms with Crippen LogP contribution in [0.5, 0.6) is 0 Å². The topological polar surface area (TPSA) is 61.5 Å². The quantitative estimate of drug-likeness (QED) is 0.826. The molecule has 6 heteroatoms. The van der Waals surface area contributed by atoms with E-state index >= 15 is 0 Å². The molecule has 0 amide bonds. The fraction of sp³-hybridized carbons (Fsp3) is 0.375. The van der Waals surface area contributed by atoms with Crippen molar-refractivity contribution in [1.29, 1.82) is 0 Å². The van der Waals surface area contributed by atoms with Crippen LogP contribution in [0.1, 0.15) is 35.7 Å². The van der Waals surface area contributed by atoms with E-state index in [2.05, 4.69) is 15.2 Å². The molecule has 2 aromatic rings. The van der Waals surface area contributed by atoms with E-state index in [4.69, 9.17) is 21.7 Å². The Morgan fingerprint density at radius 1 is 1.36 bits per heavy atom. The Bertz CT molecular complexity index is 644. The van der Waals surface area contributed by atoms with Crippen LogP contribution in [0.15, 0.2) is 40.9 Å². The van der Waals surface area contributed by atoms with Gasteiger partial charge in [-0.1, -0.05) is 6.07 Å². The molecule has 1 aliphatic rings. The summed E-state index contributed by atoms with van der Waals surface area (Å²) in [5, 5.41) is 13.1. The number of aliphatic hydroxyl groups excluding tert-OH is 1. The van der Waals surface area contributed by atoms with Gasteiger partial charge in [0.25, 0.3) is 0 Å². The maximum Gasteiger partial charge on any atom is 0.170 e. The molecular weight excluding hydrogens is 298 g/mol. The Hall–Kier alpha value is -1.92. The number of nitrogens with zero attached hydrogens (tertiary/aromatic N) is 2. The van der Waals surface area contributed by atoms with Gasteiger partial charge in [0.2, 0.25) is 0 Å². The van der Waals surface area contributed by atoms with E-state index in [0.29, 0.717) is 18.1 Å². The van der Waals surface area contributed by atoms with Crippen LogP contribution in [0, 0.1) is 6.92 Å². The lowest BCUT2D eigenvalue weighted by atomic mass is 10.0. The molecule has 3 heterocycles. The van der Waals surface area contributed by atoms with Crippen molar-refractivity contribution in [2.45, 2.75) is 25.4 Å². The second-order valence-electron chi connectivity index (χ2n) is 5.35. The first-order valence-corrected chi connectivity index (χ1v) is 7.77. The number of nitrogens with one attached hydrogen (secondary N) is 1. The standard InChI is InChI=1S/C16H19N3O2S/c1-11-6-7-13(21-11)15-14(12-5-2-3-8-17-12)18-16(22)19(15)9-4-10-20/h2-3,5-8,14-15,20H,4,9-10H2,1H3,(H,18,22)/t14-,15+/m0/s1. The smallest absolute Gasteiger partial charge is 0.170 e. The molecule has 1 fully saturated rings. The predicted octanol–water partition coefficient (Wildman–Crippen LogP) is 2.34. The highest BCUT2D eigenvalue weighted by Crippen LogP contribution is 2.39. The lowest BCUT2D eigenvalue weighted by molar-refractivity contribution is 0.230. The molecule has 2 atom stereocenters. The second-order valence-corrected chi connectivity index (χ2v) is 5.73. The van der Waals surface area contributed by atoms with Crippen LogP contribution in [0.3, 0.4) is 0 Å². The van der Waals surface area contributed by atoms with Crippen molar-refractivity contribution in [3.8, 4) is 0 Å². The molecule has 0 saturated carbocycles. The minimum absolute atomic E-state index is 0.0531. The Morgan fingerprint density at radius 3 is 2.86 bits per heavy atom. The maximum atomic E-state index is 9.13. The van der Waals surface area contributed by atoms with Gasteiger partial charge in [0.05, 0.1) is 11.7 Å². The van der Waals surface area contributed by atoms with E-state index in [-0.39, 0.29) is 18.7 Å². The molecule has 5 nitrogen and oxygen atoms in total. The number of pyridine rings is 1. The fourth-order valence-corrected chi connectivity index (χ4v) is 3.14.